The molecule has 7 nitrogen and oxygen atoms in total. The third kappa shape index (κ3) is 6.06. The summed E-state index contributed by atoms with van der Waals surface area (Å²) in [6, 6.07) is 13.8. The molecule has 1 saturated heterocycles. The minimum atomic E-state index is -0.216. The van der Waals surface area contributed by atoms with E-state index in [1.165, 1.54) is 5.56 Å². The molecular weight excluding hydrogens is 460 g/mol. The van der Waals surface area contributed by atoms with E-state index in [-0.39, 0.29) is 17.9 Å². The Kier molecular flexibility index (Phi) is 8.13. The Labute approximate surface area is 211 Å². The van der Waals surface area contributed by atoms with E-state index in [4.69, 9.17) is 9.47 Å². The van der Waals surface area contributed by atoms with Crippen molar-refractivity contribution in [3.8, 4) is 11.5 Å². The first kappa shape index (κ1) is 24.9. The van der Waals surface area contributed by atoms with Gasteiger partial charge < -0.3 is 19.7 Å². The average molecular weight is 493 g/mol. The van der Waals surface area contributed by atoms with Gasteiger partial charge in [-0.05, 0) is 57.0 Å². The number of nitrogens with one attached hydrogen (secondary N) is 1. The first-order valence-corrected chi connectivity index (χ1v) is 12.6. The van der Waals surface area contributed by atoms with Gasteiger partial charge in [-0.25, -0.2) is 9.97 Å². The molecule has 0 aliphatic carbocycles. The minimum Gasteiger partial charge on any atom is -0.497 e. The molecule has 0 saturated carbocycles. The van der Waals surface area contributed by atoms with Gasteiger partial charge in [-0.1, -0.05) is 29.5 Å². The van der Waals surface area contributed by atoms with Gasteiger partial charge in [0.05, 0.1) is 26.2 Å². The lowest BCUT2D eigenvalue weighted by Gasteiger charge is -2.34. The normalized spacial score (nSPS) is 16.5. The highest BCUT2D eigenvalue weighted by molar-refractivity contribution is 7.99. The zero-order valence-corrected chi connectivity index (χ0v) is 21.5. The van der Waals surface area contributed by atoms with Gasteiger partial charge in [0.2, 0.25) is 5.91 Å². The van der Waals surface area contributed by atoms with E-state index in [1.807, 2.05) is 25.1 Å². The number of hydrogen-bond donors (Lipinski definition) is 1. The summed E-state index contributed by atoms with van der Waals surface area (Å²) in [5.74, 6) is 2.18. The molecule has 184 valence electrons. The largest absolute Gasteiger partial charge is 0.497 e. The summed E-state index contributed by atoms with van der Waals surface area (Å²) < 4.78 is 10.9. The SMILES string of the molecule is COc1ccc(OC)c([C@H](C)NC(=O)[C@H]2CCCN(c3nccnc3Sc3ccc(C)cc3)C2)c1. The van der Waals surface area contributed by atoms with E-state index >= 15 is 0 Å². The molecule has 1 aliphatic heterocycles. The Morgan fingerprint density at radius 1 is 1.11 bits per heavy atom. The van der Waals surface area contributed by atoms with Gasteiger partial charge in [0.25, 0.3) is 0 Å². The van der Waals surface area contributed by atoms with Crippen molar-refractivity contribution in [1.29, 1.82) is 0 Å². The lowest BCUT2D eigenvalue weighted by atomic mass is 9.96. The average Bonchev–Trinajstić information content (AvgIpc) is 2.90. The van der Waals surface area contributed by atoms with Gasteiger partial charge in [0, 0.05) is 35.9 Å². The standard InChI is InChI=1S/C27H32N4O3S/c1-18-7-10-22(11-8-18)35-27-25(28-13-14-29-27)31-15-5-6-20(17-31)26(32)30-19(2)23-16-21(33-3)9-12-24(23)34-4/h7-14,16,19-20H,5-6,15,17H2,1-4H3,(H,30,32)/t19-,20-/m0/s1. The Hall–Kier alpha value is -3.26. The van der Waals surface area contributed by atoms with Gasteiger partial charge >= 0.3 is 0 Å². The Morgan fingerprint density at radius 2 is 1.89 bits per heavy atom. The van der Waals surface area contributed by atoms with Crippen LogP contribution in [0, 0.1) is 12.8 Å². The fraction of sp³-hybridized carbons (Fsp3) is 0.370. The molecule has 0 unspecified atom stereocenters. The number of benzene rings is 2. The van der Waals surface area contributed by atoms with E-state index < -0.39 is 0 Å². The smallest absolute Gasteiger partial charge is 0.225 e. The molecule has 1 amide bonds. The fourth-order valence-electron chi connectivity index (χ4n) is 4.30. The number of piperidine rings is 1. The molecule has 2 aromatic carbocycles. The summed E-state index contributed by atoms with van der Waals surface area (Å²) in [7, 11) is 3.26. The summed E-state index contributed by atoms with van der Waals surface area (Å²) in [5, 5.41) is 4.03. The lowest BCUT2D eigenvalue weighted by molar-refractivity contribution is -0.125. The number of nitrogens with zero attached hydrogens (tertiary/aromatic N) is 3. The third-order valence-corrected chi connectivity index (χ3v) is 7.23. The number of ether oxygens (including phenoxy) is 2. The summed E-state index contributed by atoms with van der Waals surface area (Å²) in [6.07, 6.45) is 5.19. The van der Waals surface area contributed by atoms with Crippen LogP contribution in [-0.2, 0) is 4.79 Å². The van der Waals surface area contributed by atoms with Crippen molar-refractivity contribution in [3.05, 3.63) is 66.0 Å². The number of hydrogen-bond acceptors (Lipinski definition) is 7. The molecule has 2 heterocycles. The number of carbonyl (C=O) groups excluding carboxylic acids is 1. The van der Waals surface area contributed by atoms with Crippen LogP contribution in [0.3, 0.4) is 0 Å². The number of anilines is 1. The number of methoxy groups -OCH3 is 2. The molecule has 0 radical (unpaired) electrons. The highest BCUT2D eigenvalue weighted by atomic mass is 32.2. The highest BCUT2D eigenvalue weighted by Gasteiger charge is 2.29. The molecule has 2 atom stereocenters. The maximum atomic E-state index is 13.3. The summed E-state index contributed by atoms with van der Waals surface area (Å²) >= 11 is 1.60. The van der Waals surface area contributed by atoms with E-state index in [0.717, 1.165) is 52.2 Å². The third-order valence-electron chi connectivity index (χ3n) is 6.24. The number of amides is 1. The summed E-state index contributed by atoms with van der Waals surface area (Å²) in [5.41, 5.74) is 2.11. The van der Waals surface area contributed by atoms with Crippen molar-refractivity contribution < 1.29 is 14.3 Å². The van der Waals surface area contributed by atoms with Gasteiger partial charge in [-0.15, -0.1) is 0 Å². The molecular formula is C27H32N4O3S. The fourth-order valence-corrected chi connectivity index (χ4v) is 5.18. The molecule has 3 aromatic rings. The molecule has 8 heteroatoms. The van der Waals surface area contributed by atoms with Crippen molar-refractivity contribution in [2.45, 2.75) is 42.7 Å². The van der Waals surface area contributed by atoms with Crippen molar-refractivity contribution in [2.75, 3.05) is 32.2 Å². The molecule has 0 bridgehead atoms. The molecule has 35 heavy (non-hydrogen) atoms. The van der Waals surface area contributed by atoms with Crippen LogP contribution in [0.1, 0.15) is 36.9 Å². The van der Waals surface area contributed by atoms with Crippen LogP contribution in [0.4, 0.5) is 5.82 Å². The highest BCUT2D eigenvalue weighted by Crippen LogP contribution is 2.34. The van der Waals surface area contributed by atoms with Crippen molar-refractivity contribution in [2.24, 2.45) is 5.92 Å². The van der Waals surface area contributed by atoms with Gasteiger partial charge in [-0.3, -0.25) is 4.79 Å². The molecule has 1 N–H and O–H groups in total. The maximum Gasteiger partial charge on any atom is 0.225 e. The first-order chi connectivity index (χ1) is 17.0. The Balaban J connectivity index is 1.46. The van der Waals surface area contributed by atoms with Gasteiger partial charge in [-0.2, -0.15) is 0 Å². The number of carbonyl (C=O) groups is 1. The van der Waals surface area contributed by atoms with Crippen LogP contribution in [0.25, 0.3) is 0 Å². The summed E-state index contributed by atoms with van der Waals surface area (Å²) in [6.45, 7) is 5.50. The van der Waals surface area contributed by atoms with Gasteiger partial charge in [0.1, 0.15) is 16.5 Å². The topological polar surface area (TPSA) is 76.6 Å². The van der Waals surface area contributed by atoms with Crippen LogP contribution in [0.15, 0.2) is 64.8 Å². The van der Waals surface area contributed by atoms with Crippen molar-refractivity contribution in [3.63, 3.8) is 0 Å². The second-order valence-corrected chi connectivity index (χ2v) is 9.79. The number of aromatic nitrogens is 2. The zero-order chi connectivity index (χ0) is 24.8. The van der Waals surface area contributed by atoms with E-state index in [0.29, 0.717) is 6.54 Å². The first-order valence-electron chi connectivity index (χ1n) is 11.8. The molecule has 1 fully saturated rings. The van der Waals surface area contributed by atoms with E-state index in [9.17, 15) is 4.79 Å². The monoisotopic (exact) mass is 492 g/mol. The second-order valence-electron chi connectivity index (χ2n) is 8.72. The Morgan fingerprint density at radius 3 is 2.63 bits per heavy atom. The van der Waals surface area contributed by atoms with E-state index in [2.05, 4.69) is 51.4 Å². The van der Waals surface area contributed by atoms with Crippen LogP contribution >= 0.6 is 11.8 Å². The molecule has 1 aromatic heterocycles. The predicted molar refractivity (Wildman–Crippen MR) is 138 cm³/mol. The molecule has 4 rings (SSSR count). The van der Waals surface area contributed by atoms with Crippen molar-refractivity contribution >= 4 is 23.5 Å². The van der Waals surface area contributed by atoms with E-state index in [1.54, 1.807) is 38.4 Å². The minimum absolute atomic E-state index is 0.0312. The lowest BCUT2D eigenvalue weighted by Crippen LogP contribution is -2.44. The van der Waals surface area contributed by atoms with Crippen LogP contribution in [0.5, 0.6) is 11.5 Å². The number of aryl methyl sites for hydroxylation is 1. The number of rotatable bonds is 8. The zero-order valence-electron chi connectivity index (χ0n) is 20.7. The van der Waals surface area contributed by atoms with Crippen LogP contribution < -0.4 is 19.7 Å². The Bertz CT molecular complexity index is 1160. The van der Waals surface area contributed by atoms with Crippen LogP contribution in [0.2, 0.25) is 0 Å². The summed E-state index contributed by atoms with van der Waals surface area (Å²) in [4.78, 5) is 25.8. The molecule has 1 aliphatic rings. The van der Waals surface area contributed by atoms with Gasteiger partial charge in [0.15, 0.2) is 5.82 Å². The van der Waals surface area contributed by atoms with Crippen molar-refractivity contribution in [1.82, 2.24) is 15.3 Å². The maximum absolute atomic E-state index is 13.3. The second kappa shape index (κ2) is 11.4. The predicted octanol–water partition coefficient (Wildman–Crippen LogP) is 5.05. The quantitative estimate of drug-likeness (QED) is 0.472. The molecule has 0 spiro atoms. The van der Waals surface area contributed by atoms with Crippen LogP contribution in [-0.4, -0.2) is 43.2 Å².